The first-order valence-electron chi connectivity index (χ1n) is 7.95. The summed E-state index contributed by atoms with van der Waals surface area (Å²) < 4.78 is 0. The summed E-state index contributed by atoms with van der Waals surface area (Å²) in [5.41, 5.74) is 2.60. The quantitative estimate of drug-likeness (QED) is 0.736. The van der Waals surface area contributed by atoms with Crippen molar-refractivity contribution in [2.45, 2.75) is 0 Å². The van der Waals surface area contributed by atoms with Crippen LogP contribution in [0.1, 0.15) is 0 Å². The molecule has 4 rings (SSSR count). The Hall–Kier alpha value is -2.80. The Bertz CT molecular complexity index is 901. The van der Waals surface area contributed by atoms with Crippen LogP contribution in [0.3, 0.4) is 0 Å². The zero-order chi connectivity index (χ0) is 17.4. The highest BCUT2D eigenvalue weighted by molar-refractivity contribution is 6.33. The molecule has 8 heteroatoms. The average Bonchev–Trinajstić information content (AvgIpc) is 3.06. The number of hydrogen-bond donors (Lipinski definition) is 2. The predicted molar refractivity (Wildman–Crippen MR) is 96.1 cm³/mol. The van der Waals surface area contributed by atoms with E-state index in [0.29, 0.717) is 37.0 Å². The standard InChI is InChI=1S/C17H16ClN5O2/c18-12-10-19-15(22-5-7-23(8-6-22)17(24)25)9-11(12)16-20-13-3-1-2-4-14(13)21-16/h1-4,9-10H,5-8H2,(H,20,21)(H,24,25). The summed E-state index contributed by atoms with van der Waals surface area (Å²) in [7, 11) is 0. The summed E-state index contributed by atoms with van der Waals surface area (Å²) >= 11 is 6.34. The van der Waals surface area contributed by atoms with Gasteiger partial charge in [-0.2, -0.15) is 0 Å². The third kappa shape index (κ3) is 2.98. The Balaban J connectivity index is 1.64. The van der Waals surface area contributed by atoms with E-state index in [1.165, 1.54) is 4.90 Å². The van der Waals surface area contributed by atoms with Gasteiger partial charge in [0.15, 0.2) is 0 Å². The number of nitrogens with one attached hydrogen (secondary N) is 1. The van der Waals surface area contributed by atoms with Gasteiger partial charge in [-0.15, -0.1) is 0 Å². The van der Waals surface area contributed by atoms with E-state index in [1.807, 2.05) is 30.3 Å². The molecule has 3 heterocycles. The summed E-state index contributed by atoms with van der Waals surface area (Å²) in [5, 5.41) is 9.58. The third-order valence-electron chi connectivity index (χ3n) is 4.36. The average molecular weight is 358 g/mol. The highest BCUT2D eigenvalue weighted by Gasteiger charge is 2.22. The van der Waals surface area contributed by atoms with Crippen molar-refractivity contribution >= 4 is 34.5 Å². The van der Waals surface area contributed by atoms with E-state index in [1.54, 1.807) is 6.20 Å². The Morgan fingerprint density at radius 2 is 1.96 bits per heavy atom. The number of fused-ring (bicyclic) bond motifs is 1. The molecule has 0 saturated carbocycles. The Labute approximate surface area is 148 Å². The summed E-state index contributed by atoms with van der Waals surface area (Å²) in [4.78, 5) is 26.8. The number of rotatable bonds is 2. The zero-order valence-corrected chi connectivity index (χ0v) is 14.1. The molecule has 0 aliphatic carbocycles. The van der Waals surface area contributed by atoms with Gasteiger partial charge in [0.1, 0.15) is 11.6 Å². The number of pyridine rings is 1. The molecule has 1 aliphatic heterocycles. The molecule has 0 unspecified atom stereocenters. The highest BCUT2D eigenvalue weighted by Crippen LogP contribution is 2.30. The number of halogens is 1. The van der Waals surface area contributed by atoms with Gasteiger partial charge in [0.05, 0.1) is 16.1 Å². The van der Waals surface area contributed by atoms with Crippen molar-refractivity contribution in [3.63, 3.8) is 0 Å². The molecule has 1 fully saturated rings. The normalized spacial score (nSPS) is 14.9. The van der Waals surface area contributed by atoms with Crippen molar-refractivity contribution in [2.75, 3.05) is 31.1 Å². The summed E-state index contributed by atoms with van der Waals surface area (Å²) in [5.74, 6) is 1.46. The first kappa shape index (κ1) is 15.7. The molecule has 3 aromatic rings. The van der Waals surface area contributed by atoms with Crippen LogP contribution in [-0.2, 0) is 0 Å². The minimum Gasteiger partial charge on any atom is -0.465 e. The molecular weight excluding hydrogens is 342 g/mol. The van der Waals surface area contributed by atoms with Crippen LogP contribution in [0, 0.1) is 0 Å². The topological polar surface area (TPSA) is 85.4 Å². The van der Waals surface area contributed by atoms with Gasteiger partial charge in [0, 0.05) is 37.9 Å². The van der Waals surface area contributed by atoms with Gasteiger partial charge in [-0.1, -0.05) is 23.7 Å². The summed E-state index contributed by atoms with van der Waals surface area (Å²) in [6.45, 7) is 2.11. The molecule has 25 heavy (non-hydrogen) atoms. The Morgan fingerprint density at radius 3 is 2.68 bits per heavy atom. The summed E-state index contributed by atoms with van der Waals surface area (Å²) in [6, 6.07) is 9.69. The fourth-order valence-corrected chi connectivity index (χ4v) is 3.18. The molecule has 1 amide bonds. The number of aromatic amines is 1. The van der Waals surface area contributed by atoms with Crippen molar-refractivity contribution in [3.05, 3.63) is 41.6 Å². The SMILES string of the molecule is O=C(O)N1CCN(c2cc(-c3nc4ccccc4[nH]3)c(Cl)cn2)CC1. The minimum absolute atomic E-state index is 0.458. The van der Waals surface area contributed by atoms with E-state index in [9.17, 15) is 4.79 Å². The second kappa shape index (κ2) is 6.25. The smallest absolute Gasteiger partial charge is 0.407 e. The van der Waals surface area contributed by atoms with Crippen LogP contribution in [0.2, 0.25) is 5.02 Å². The molecular formula is C17H16ClN5O2. The van der Waals surface area contributed by atoms with Crippen molar-refractivity contribution in [3.8, 4) is 11.4 Å². The number of nitrogens with zero attached hydrogens (tertiary/aromatic N) is 4. The molecule has 7 nitrogen and oxygen atoms in total. The minimum atomic E-state index is -0.883. The van der Waals surface area contributed by atoms with Crippen LogP contribution in [0.25, 0.3) is 22.4 Å². The van der Waals surface area contributed by atoms with Crippen LogP contribution in [0.5, 0.6) is 0 Å². The molecule has 2 N–H and O–H groups in total. The van der Waals surface area contributed by atoms with Gasteiger partial charge in [-0.05, 0) is 18.2 Å². The Morgan fingerprint density at radius 1 is 1.20 bits per heavy atom. The molecule has 1 aromatic carbocycles. The van der Waals surface area contributed by atoms with Gasteiger partial charge in [0.25, 0.3) is 0 Å². The molecule has 0 bridgehead atoms. The van der Waals surface area contributed by atoms with Crippen molar-refractivity contribution in [2.24, 2.45) is 0 Å². The van der Waals surface area contributed by atoms with Gasteiger partial charge >= 0.3 is 6.09 Å². The number of para-hydroxylation sites is 2. The molecule has 0 radical (unpaired) electrons. The maximum Gasteiger partial charge on any atom is 0.407 e. The van der Waals surface area contributed by atoms with Crippen LogP contribution < -0.4 is 4.90 Å². The van der Waals surface area contributed by atoms with E-state index in [4.69, 9.17) is 16.7 Å². The van der Waals surface area contributed by atoms with Crippen LogP contribution in [0.4, 0.5) is 10.6 Å². The lowest BCUT2D eigenvalue weighted by Gasteiger charge is -2.34. The van der Waals surface area contributed by atoms with Gasteiger partial charge < -0.3 is 19.9 Å². The van der Waals surface area contributed by atoms with Crippen molar-refractivity contribution in [1.29, 1.82) is 0 Å². The molecule has 2 aromatic heterocycles. The van der Waals surface area contributed by atoms with Crippen LogP contribution in [0.15, 0.2) is 36.5 Å². The van der Waals surface area contributed by atoms with Gasteiger partial charge in [-0.25, -0.2) is 14.8 Å². The zero-order valence-electron chi connectivity index (χ0n) is 13.3. The number of imidazole rings is 1. The van der Waals surface area contributed by atoms with E-state index in [-0.39, 0.29) is 0 Å². The fraction of sp³-hybridized carbons (Fsp3) is 0.235. The lowest BCUT2D eigenvalue weighted by molar-refractivity contribution is 0.142. The number of anilines is 1. The lowest BCUT2D eigenvalue weighted by Crippen LogP contribution is -2.48. The summed E-state index contributed by atoms with van der Waals surface area (Å²) in [6.07, 6.45) is 0.731. The van der Waals surface area contributed by atoms with Crippen LogP contribution in [-0.4, -0.2) is 57.2 Å². The third-order valence-corrected chi connectivity index (χ3v) is 4.66. The fourth-order valence-electron chi connectivity index (χ4n) is 2.99. The molecule has 128 valence electrons. The van der Waals surface area contributed by atoms with Gasteiger partial charge in [-0.3, -0.25) is 0 Å². The molecule has 1 saturated heterocycles. The number of hydrogen-bond acceptors (Lipinski definition) is 4. The second-order valence-corrected chi connectivity index (χ2v) is 6.29. The monoisotopic (exact) mass is 357 g/mol. The number of piperazine rings is 1. The second-order valence-electron chi connectivity index (χ2n) is 5.88. The number of carbonyl (C=O) groups is 1. The maximum atomic E-state index is 11.0. The number of H-pyrrole nitrogens is 1. The van der Waals surface area contributed by atoms with Gasteiger partial charge in [0.2, 0.25) is 0 Å². The molecule has 0 spiro atoms. The predicted octanol–water partition coefficient (Wildman–Crippen LogP) is 3.08. The van der Waals surface area contributed by atoms with Crippen molar-refractivity contribution in [1.82, 2.24) is 19.9 Å². The van der Waals surface area contributed by atoms with E-state index in [0.717, 1.165) is 22.4 Å². The Kier molecular flexibility index (Phi) is 3.93. The number of benzene rings is 1. The number of amides is 1. The molecule has 0 atom stereocenters. The largest absolute Gasteiger partial charge is 0.465 e. The first-order chi connectivity index (χ1) is 12.1. The van der Waals surface area contributed by atoms with E-state index in [2.05, 4.69) is 19.9 Å². The van der Waals surface area contributed by atoms with Crippen molar-refractivity contribution < 1.29 is 9.90 Å². The maximum absolute atomic E-state index is 11.0. The number of carboxylic acid groups (broad SMARTS) is 1. The van der Waals surface area contributed by atoms with E-state index < -0.39 is 6.09 Å². The number of aromatic nitrogens is 3. The highest BCUT2D eigenvalue weighted by atomic mass is 35.5. The van der Waals surface area contributed by atoms with E-state index >= 15 is 0 Å². The molecule has 1 aliphatic rings. The lowest BCUT2D eigenvalue weighted by atomic mass is 10.2. The van der Waals surface area contributed by atoms with Crippen LogP contribution >= 0.6 is 11.6 Å². The first-order valence-corrected chi connectivity index (χ1v) is 8.33.